The van der Waals surface area contributed by atoms with Crippen LogP contribution >= 0.6 is 0 Å². The lowest BCUT2D eigenvalue weighted by Crippen LogP contribution is -2.31. The maximum absolute atomic E-state index is 10.7. The highest BCUT2D eigenvalue weighted by molar-refractivity contribution is 5.97. The monoisotopic (exact) mass is 173 g/mol. The molecule has 0 saturated heterocycles. The van der Waals surface area contributed by atoms with Crippen LogP contribution in [0.2, 0.25) is 0 Å². The van der Waals surface area contributed by atoms with E-state index < -0.39 is 11.9 Å². The molecule has 1 N–H and O–H groups in total. The van der Waals surface area contributed by atoms with Crippen LogP contribution in [0.3, 0.4) is 0 Å². The van der Waals surface area contributed by atoms with Gasteiger partial charge < -0.3 is 10.1 Å². The third-order valence-electron chi connectivity index (χ3n) is 1.07. The molecule has 5 heteroatoms. The number of Topliss-reactive ketones (excluding diaryl/α,β-unsaturated/α-hetero) is 1. The quantitative estimate of drug-likeness (QED) is 0.448. The van der Waals surface area contributed by atoms with Crippen molar-refractivity contribution in [2.75, 3.05) is 13.7 Å². The van der Waals surface area contributed by atoms with E-state index in [0.29, 0.717) is 0 Å². The van der Waals surface area contributed by atoms with Gasteiger partial charge in [0.05, 0.1) is 13.5 Å². The molecule has 0 radical (unpaired) electrons. The van der Waals surface area contributed by atoms with Crippen molar-refractivity contribution in [3.8, 4) is 0 Å². The Morgan fingerprint density at radius 1 is 1.33 bits per heavy atom. The van der Waals surface area contributed by atoms with Gasteiger partial charge >= 0.3 is 5.97 Å². The summed E-state index contributed by atoms with van der Waals surface area (Å²) in [5.41, 5.74) is 0. The Labute approximate surface area is 70.1 Å². The van der Waals surface area contributed by atoms with E-state index in [-0.39, 0.29) is 18.7 Å². The number of nitrogens with one attached hydrogen (secondary N) is 1. The van der Waals surface area contributed by atoms with Gasteiger partial charge in [0.1, 0.15) is 12.3 Å². The van der Waals surface area contributed by atoms with Gasteiger partial charge in [-0.05, 0) is 6.92 Å². The molecule has 0 aromatic heterocycles. The Balaban J connectivity index is 3.57. The lowest BCUT2D eigenvalue weighted by molar-refractivity contribution is -0.141. The average molecular weight is 173 g/mol. The standard InChI is InChI=1S/C7H11NO4/c1-5(9)3-6(10)8-4-7(11)12-2/h3-4H2,1-2H3,(H,8,10). The molecule has 68 valence electrons. The van der Waals surface area contributed by atoms with Crippen LogP contribution in [-0.2, 0) is 19.1 Å². The van der Waals surface area contributed by atoms with E-state index in [4.69, 9.17) is 0 Å². The minimum atomic E-state index is -0.535. The molecule has 0 aromatic carbocycles. The first-order chi connectivity index (χ1) is 5.56. The van der Waals surface area contributed by atoms with Gasteiger partial charge in [0.15, 0.2) is 0 Å². The molecule has 0 fully saturated rings. The van der Waals surface area contributed by atoms with E-state index in [0.717, 1.165) is 0 Å². The second-order valence-corrected chi connectivity index (χ2v) is 2.23. The fourth-order valence-corrected chi connectivity index (χ4v) is 0.532. The molecule has 0 atom stereocenters. The molecular formula is C7H11NO4. The fourth-order valence-electron chi connectivity index (χ4n) is 0.532. The number of esters is 1. The Kier molecular flexibility index (Phi) is 4.67. The number of ether oxygens (including phenoxy) is 1. The summed E-state index contributed by atoms with van der Waals surface area (Å²) in [4.78, 5) is 31.6. The molecule has 0 spiro atoms. The summed E-state index contributed by atoms with van der Waals surface area (Å²) < 4.78 is 4.27. The summed E-state index contributed by atoms with van der Waals surface area (Å²) in [6.45, 7) is 1.11. The predicted molar refractivity (Wildman–Crippen MR) is 40.3 cm³/mol. The first-order valence-electron chi connectivity index (χ1n) is 3.39. The molecular weight excluding hydrogens is 162 g/mol. The maximum atomic E-state index is 10.7. The highest BCUT2D eigenvalue weighted by Gasteiger charge is 2.06. The second kappa shape index (κ2) is 5.29. The predicted octanol–water partition coefficient (Wildman–Crippen LogP) is -0.745. The second-order valence-electron chi connectivity index (χ2n) is 2.23. The van der Waals surface area contributed by atoms with Gasteiger partial charge in [-0.25, -0.2) is 0 Å². The summed E-state index contributed by atoms with van der Waals surface area (Å²) in [6.07, 6.45) is -0.197. The summed E-state index contributed by atoms with van der Waals surface area (Å²) in [5.74, 6) is -1.24. The highest BCUT2D eigenvalue weighted by Crippen LogP contribution is 1.81. The topological polar surface area (TPSA) is 72.5 Å². The zero-order valence-corrected chi connectivity index (χ0v) is 7.05. The molecule has 1 amide bonds. The van der Waals surface area contributed by atoms with Crippen molar-refractivity contribution in [3.63, 3.8) is 0 Å². The van der Waals surface area contributed by atoms with E-state index in [1.807, 2.05) is 0 Å². The fraction of sp³-hybridized carbons (Fsp3) is 0.571. The molecule has 0 rings (SSSR count). The first kappa shape index (κ1) is 10.6. The normalized spacial score (nSPS) is 8.83. The van der Waals surface area contributed by atoms with Crippen LogP contribution < -0.4 is 5.32 Å². The van der Waals surface area contributed by atoms with E-state index >= 15 is 0 Å². The van der Waals surface area contributed by atoms with E-state index in [2.05, 4.69) is 10.1 Å². The van der Waals surface area contributed by atoms with Crippen LogP contribution in [0.15, 0.2) is 0 Å². The molecule has 5 nitrogen and oxygen atoms in total. The lowest BCUT2D eigenvalue weighted by atomic mass is 10.3. The van der Waals surface area contributed by atoms with Crippen LogP contribution in [0.25, 0.3) is 0 Å². The molecule has 0 heterocycles. The van der Waals surface area contributed by atoms with E-state index in [1.54, 1.807) is 0 Å². The third kappa shape index (κ3) is 5.40. The SMILES string of the molecule is COC(=O)CNC(=O)CC(C)=O. The highest BCUT2D eigenvalue weighted by atomic mass is 16.5. The smallest absolute Gasteiger partial charge is 0.325 e. The zero-order chi connectivity index (χ0) is 9.56. The number of carbonyl (C=O) groups is 3. The Bertz CT molecular complexity index is 200. The molecule has 0 aliphatic rings. The lowest BCUT2D eigenvalue weighted by Gasteiger charge is -2.00. The van der Waals surface area contributed by atoms with Gasteiger partial charge in [0.25, 0.3) is 0 Å². The third-order valence-corrected chi connectivity index (χ3v) is 1.07. The number of methoxy groups -OCH3 is 1. The van der Waals surface area contributed by atoms with Crippen molar-refractivity contribution >= 4 is 17.7 Å². The van der Waals surface area contributed by atoms with Crippen molar-refractivity contribution < 1.29 is 19.1 Å². The number of hydrogen-bond donors (Lipinski definition) is 1. The molecule has 0 aromatic rings. The van der Waals surface area contributed by atoms with Crippen molar-refractivity contribution in [3.05, 3.63) is 0 Å². The summed E-state index contributed by atoms with van der Waals surface area (Å²) >= 11 is 0. The van der Waals surface area contributed by atoms with Gasteiger partial charge in [0.2, 0.25) is 5.91 Å². The summed E-state index contributed by atoms with van der Waals surface area (Å²) in [6, 6.07) is 0. The van der Waals surface area contributed by atoms with Crippen LogP contribution in [0, 0.1) is 0 Å². The largest absolute Gasteiger partial charge is 0.468 e. The van der Waals surface area contributed by atoms with Crippen LogP contribution in [0.1, 0.15) is 13.3 Å². The molecule has 0 aliphatic heterocycles. The van der Waals surface area contributed by atoms with Gasteiger partial charge in [-0.15, -0.1) is 0 Å². The van der Waals surface area contributed by atoms with Crippen molar-refractivity contribution in [1.29, 1.82) is 0 Å². The minimum Gasteiger partial charge on any atom is -0.468 e. The first-order valence-corrected chi connectivity index (χ1v) is 3.39. The number of carbonyl (C=O) groups excluding carboxylic acids is 3. The molecule has 12 heavy (non-hydrogen) atoms. The summed E-state index contributed by atoms with van der Waals surface area (Å²) in [7, 11) is 1.22. The molecule has 0 bridgehead atoms. The van der Waals surface area contributed by atoms with E-state index in [9.17, 15) is 14.4 Å². The number of ketones is 1. The van der Waals surface area contributed by atoms with Crippen molar-refractivity contribution in [1.82, 2.24) is 5.32 Å². The van der Waals surface area contributed by atoms with Crippen LogP contribution in [0.5, 0.6) is 0 Å². The van der Waals surface area contributed by atoms with Gasteiger partial charge in [-0.3, -0.25) is 14.4 Å². The maximum Gasteiger partial charge on any atom is 0.325 e. The molecule has 0 aliphatic carbocycles. The van der Waals surface area contributed by atoms with Crippen molar-refractivity contribution in [2.45, 2.75) is 13.3 Å². The number of hydrogen-bond acceptors (Lipinski definition) is 4. The average Bonchev–Trinajstić information content (AvgIpc) is 1.99. The zero-order valence-electron chi connectivity index (χ0n) is 7.05. The van der Waals surface area contributed by atoms with Crippen LogP contribution in [-0.4, -0.2) is 31.3 Å². The van der Waals surface area contributed by atoms with Gasteiger partial charge in [-0.2, -0.15) is 0 Å². The van der Waals surface area contributed by atoms with E-state index in [1.165, 1.54) is 14.0 Å². The Morgan fingerprint density at radius 2 is 1.92 bits per heavy atom. The van der Waals surface area contributed by atoms with Gasteiger partial charge in [-0.1, -0.05) is 0 Å². The minimum absolute atomic E-state index is 0.192. The van der Waals surface area contributed by atoms with Gasteiger partial charge in [0, 0.05) is 0 Å². The number of rotatable bonds is 4. The molecule has 0 saturated carbocycles. The Hall–Kier alpha value is -1.39. The Morgan fingerprint density at radius 3 is 2.33 bits per heavy atom. The van der Waals surface area contributed by atoms with Crippen LogP contribution in [0.4, 0.5) is 0 Å². The summed E-state index contributed by atoms with van der Waals surface area (Å²) in [5, 5.41) is 2.23. The molecule has 0 unspecified atom stereocenters. The van der Waals surface area contributed by atoms with Crippen molar-refractivity contribution in [2.24, 2.45) is 0 Å². The number of amides is 1.